The molecule has 0 saturated heterocycles. The molecule has 13 heavy (non-hydrogen) atoms. The maximum Gasteiger partial charge on any atom is 0.000429 e. The summed E-state index contributed by atoms with van der Waals surface area (Å²) in [5, 5.41) is 0. The Kier molecular flexibility index (Phi) is 5.77. The van der Waals surface area contributed by atoms with Crippen molar-refractivity contribution < 1.29 is 0 Å². The van der Waals surface area contributed by atoms with E-state index < -0.39 is 0 Å². The van der Waals surface area contributed by atoms with Gasteiger partial charge < -0.3 is 0 Å². The molecule has 0 saturated carbocycles. The van der Waals surface area contributed by atoms with Gasteiger partial charge in [0.15, 0.2) is 0 Å². The van der Waals surface area contributed by atoms with E-state index in [4.69, 9.17) is 0 Å². The van der Waals surface area contributed by atoms with Gasteiger partial charge in [0.05, 0.1) is 0 Å². The molecule has 0 spiro atoms. The minimum Gasteiger partial charge on any atom is -0.0908 e. The second kappa shape index (κ2) is 6.01. The molecule has 0 aromatic heterocycles. The zero-order valence-corrected chi connectivity index (χ0v) is 9.80. The van der Waals surface area contributed by atoms with Crippen LogP contribution in [0.15, 0.2) is 24.3 Å². The number of allylic oxidation sites excluding steroid dienone is 4. The SMILES string of the molecule is CC=CC(C)(C)C=CCCC(C)C. The van der Waals surface area contributed by atoms with E-state index in [0.717, 1.165) is 5.92 Å². The standard InChI is InChI=1S/C13H24/c1-6-10-13(4,5)11-8-7-9-12(2)3/h6,8,10-12H,7,9H2,1-5H3. The number of hydrogen-bond donors (Lipinski definition) is 0. The number of hydrogen-bond acceptors (Lipinski definition) is 0. The smallest absolute Gasteiger partial charge is 0.000429 e. The summed E-state index contributed by atoms with van der Waals surface area (Å²) in [6.45, 7) is 11.1. The molecule has 0 heterocycles. The van der Waals surface area contributed by atoms with Crippen molar-refractivity contribution in [3.05, 3.63) is 24.3 Å². The van der Waals surface area contributed by atoms with E-state index in [1.165, 1.54) is 12.8 Å². The van der Waals surface area contributed by atoms with E-state index in [1.54, 1.807) is 0 Å². The molecule has 0 bridgehead atoms. The van der Waals surface area contributed by atoms with Crippen LogP contribution in [0.5, 0.6) is 0 Å². The summed E-state index contributed by atoms with van der Waals surface area (Å²) < 4.78 is 0. The topological polar surface area (TPSA) is 0 Å². The highest BCUT2D eigenvalue weighted by atomic mass is 14.1. The lowest BCUT2D eigenvalue weighted by molar-refractivity contribution is 0.584. The predicted molar refractivity (Wildman–Crippen MR) is 61.8 cm³/mol. The summed E-state index contributed by atoms with van der Waals surface area (Å²) in [4.78, 5) is 0. The van der Waals surface area contributed by atoms with Crippen LogP contribution in [-0.4, -0.2) is 0 Å². The molecule has 0 rings (SSSR count). The Labute approximate surface area is 83.7 Å². The van der Waals surface area contributed by atoms with Crippen LogP contribution in [0, 0.1) is 11.3 Å². The highest BCUT2D eigenvalue weighted by Gasteiger charge is 2.06. The van der Waals surface area contributed by atoms with Crippen LogP contribution in [0.4, 0.5) is 0 Å². The van der Waals surface area contributed by atoms with E-state index in [1.807, 2.05) is 0 Å². The summed E-state index contributed by atoms with van der Waals surface area (Å²) in [7, 11) is 0. The summed E-state index contributed by atoms with van der Waals surface area (Å²) in [5.41, 5.74) is 0.228. The van der Waals surface area contributed by atoms with Crippen molar-refractivity contribution in [3.8, 4) is 0 Å². The zero-order chi connectivity index (χ0) is 10.3. The zero-order valence-electron chi connectivity index (χ0n) is 9.80. The highest BCUT2D eigenvalue weighted by molar-refractivity contribution is 5.06. The Balaban J connectivity index is 3.82. The first-order chi connectivity index (χ1) is 5.98. The van der Waals surface area contributed by atoms with Gasteiger partial charge in [-0.1, -0.05) is 52.0 Å². The van der Waals surface area contributed by atoms with Crippen LogP contribution in [-0.2, 0) is 0 Å². The van der Waals surface area contributed by atoms with Crippen molar-refractivity contribution in [3.63, 3.8) is 0 Å². The van der Waals surface area contributed by atoms with Gasteiger partial charge in [-0.3, -0.25) is 0 Å². The van der Waals surface area contributed by atoms with Gasteiger partial charge in [-0.05, 0) is 25.7 Å². The fourth-order valence-corrected chi connectivity index (χ4v) is 1.30. The fourth-order valence-electron chi connectivity index (χ4n) is 1.30. The second-order valence-electron chi connectivity index (χ2n) is 4.69. The van der Waals surface area contributed by atoms with Gasteiger partial charge in [0.1, 0.15) is 0 Å². The predicted octanol–water partition coefficient (Wildman–Crippen LogP) is 4.58. The Morgan fingerprint density at radius 3 is 2.23 bits per heavy atom. The molecule has 0 atom stereocenters. The molecule has 0 unspecified atom stereocenters. The molecule has 0 nitrogen and oxygen atoms in total. The van der Waals surface area contributed by atoms with Crippen LogP contribution in [0.2, 0.25) is 0 Å². The fraction of sp³-hybridized carbons (Fsp3) is 0.692. The first kappa shape index (κ1) is 12.5. The summed E-state index contributed by atoms with van der Waals surface area (Å²) in [6.07, 6.45) is 11.5. The maximum absolute atomic E-state index is 2.31. The Hall–Kier alpha value is -0.520. The van der Waals surface area contributed by atoms with Crippen molar-refractivity contribution in [1.29, 1.82) is 0 Å². The summed E-state index contributed by atoms with van der Waals surface area (Å²) in [6, 6.07) is 0. The van der Waals surface area contributed by atoms with E-state index >= 15 is 0 Å². The minimum absolute atomic E-state index is 0.228. The maximum atomic E-state index is 2.31. The van der Waals surface area contributed by atoms with Gasteiger partial charge in [0.2, 0.25) is 0 Å². The molecular formula is C13H24. The lowest BCUT2D eigenvalue weighted by Crippen LogP contribution is -2.01. The monoisotopic (exact) mass is 180 g/mol. The quantitative estimate of drug-likeness (QED) is 0.543. The molecule has 0 aliphatic rings. The van der Waals surface area contributed by atoms with Crippen LogP contribution in [0.1, 0.15) is 47.5 Å². The average Bonchev–Trinajstić information content (AvgIpc) is 1.98. The van der Waals surface area contributed by atoms with E-state index in [2.05, 4.69) is 58.9 Å². The first-order valence-electron chi connectivity index (χ1n) is 5.29. The van der Waals surface area contributed by atoms with Crippen LogP contribution in [0.25, 0.3) is 0 Å². The molecule has 0 aromatic carbocycles. The molecule has 0 radical (unpaired) electrons. The Bertz CT molecular complexity index is 170. The molecule has 0 amide bonds. The molecule has 0 heteroatoms. The van der Waals surface area contributed by atoms with Gasteiger partial charge in [-0.25, -0.2) is 0 Å². The largest absolute Gasteiger partial charge is 0.0908 e. The molecule has 0 fully saturated rings. The van der Waals surface area contributed by atoms with Crippen molar-refractivity contribution in [1.82, 2.24) is 0 Å². The average molecular weight is 180 g/mol. The highest BCUT2D eigenvalue weighted by Crippen LogP contribution is 2.19. The lowest BCUT2D eigenvalue weighted by Gasteiger charge is -2.14. The number of rotatable bonds is 5. The van der Waals surface area contributed by atoms with Gasteiger partial charge in [0, 0.05) is 5.41 Å². The van der Waals surface area contributed by atoms with Gasteiger partial charge >= 0.3 is 0 Å². The van der Waals surface area contributed by atoms with Crippen LogP contribution in [0.3, 0.4) is 0 Å². The molecule has 0 aliphatic carbocycles. The molecular weight excluding hydrogens is 156 g/mol. The van der Waals surface area contributed by atoms with E-state index in [9.17, 15) is 0 Å². The third kappa shape index (κ3) is 7.83. The third-order valence-corrected chi connectivity index (χ3v) is 2.05. The molecule has 0 aromatic rings. The second-order valence-corrected chi connectivity index (χ2v) is 4.69. The summed E-state index contributed by atoms with van der Waals surface area (Å²) in [5.74, 6) is 0.814. The third-order valence-electron chi connectivity index (χ3n) is 2.05. The van der Waals surface area contributed by atoms with Crippen LogP contribution >= 0.6 is 0 Å². The van der Waals surface area contributed by atoms with Crippen molar-refractivity contribution in [2.24, 2.45) is 11.3 Å². The Morgan fingerprint density at radius 2 is 1.77 bits per heavy atom. The van der Waals surface area contributed by atoms with Gasteiger partial charge in [0.25, 0.3) is 0 Å². The molecule has 0 aliphatic heterocycles. The van der Waals surface area contributed by atoms with E-state index in [0.29, 0.717) is 0 Å². The van der Waals surface area contributed by atoms with Gasteiger partial charge in [-0.15, -0.1) is 0 Å². The molecule has 0 N–H and O–H groups in total. The van der Waals surface area contributed by atoms with Gasteiger partial charge in [-0.2, -0.15) is 0 Å². The van der Waals surface area contributed by atoms with Crippen molar-refractivity contribution in [2.45, 2.75) is 47.5 Å². The van der Waals surface area contributed by atoms with Crippen molar-refractivity contribution >= 4 is 0 Å². The van der Waals surface area contributed by atoms with Crippen LogP contribution < -0.4 is 0 Å². The Morgan fingerprint density at radius 1 is 1.15 bits per heavy atom. The normalized spacial score (nSPS) is 13.7. The lowest BCUT2D eigenvalue weighted by atomic mass is 9.92. The first-order valence-corrected chi connectivity index (χ1v) is 5.29. The van der Waals surface area contributed by atoms with E-state index in [-0.39, 0.29) is 5.41 Å². The minimum atomic E-state index is 0.228. The summed E-state index contributed by atoms with van der Waals surface area (Å²) >= 11 is 0. The molecule has 76 valence electrons. The van der Waals surface area contributed by atoms with Crippen molar-refractivity contribution in [2.75, 3.05) is 0 Å².